The minimum absolute atomic E-state index is 0.102. The van der Waals surface area contributed by atoms with Crippen molar-refractivity contribution in [1.82, 2.24) is 9.97 Å². The van der Waals surface area contributed by atoms with Gasteiger partial charge in [-0.15, -0.1) is 0 Å². The van der Waals surface area contributed by atoms with E-state index in [9.17, 15) is 9.67 Å². The average Bonchev–Trinajstić information content (AvgIpc) is 2.68. The van der Waals surface area contributed by atoms with Crippen molar-refractivity contribution in [2.24, 2.45) is 0 Å². The summed E-state index contributed by atoms with van der Waals surface area (Å²) in [6.45, 7) is 0.588. The van der Waals surface area contributed by atoms with Crippen LogP contribution in [0.4, 0.5) is 0 Å². The summed E-state index contributed by atoms with van der Waals surface area (Å²) >= 11 is 7.09. The predicted molar refractivity (Wildman–Crippen MR) is 114 cm³/mol. The predicted octanol–water partition coefficient (Wildman–Crippen LogP) is 6.32. The highest BCUT2D eigenvalue weighted by Crippen LogP contribution is 2.61. The van der Waals surface area contributed by atoms with Gasteiger partial charge in [-0.05, 0) is 61.1 Å². The zero-order chi connectivity index (χ0) is 20.1. The lowest BCUT2D eigenvalue weighted by Crippen LogP contribution is -1.97. The summed E-state index contributed by atoms with van der Waals surface area (Å²) in [6, 6.07) is 10.0. The second-order valence-electron chi connectivity index (χ2n) is 5.86. The molecule has 0 bridgehead atoms. The van der Waals surface area contributed by atoms with E-state index < -0.39 is 6.80 Å². The van der Waals surface area contributed by atoms with Gasteiger partial charge in [0.05, 0.1) is 29.5 Å². The molecule has 0 radical (unpaired) electrons. The number of phenols is 1. The largest absolute Gasteiger partial charge is 0.504 e. The smallest absolute Gasteiger partial charge is 0.440 e. The van der Waals surface area contributed by atoms with E-state index in [1.807, 2.05) is 6.92 Å². The van der Waals surface area contributed by atoms with Gasteiger partial charge in [0.1, 0.15) is 0 Å². The molecule has 1 unspecified atom stereocenters. The first-order valence-electron chi connectivity index (χ1n) is 8.78. The molecular formula is C19H20ClN2O4PS. The number of benzene rings is 2. The van der Waals surface area contributed by atoms with E-state index in [4.69, 9.17) is 20.6 Å². The number of halogens is 1. The van der Waals surface area contributed by atoms with E-state index in [1.54, 1.807) is 43.5 Å². The molecule has 0 aliphatic heterocycles. The van der Waals surface area contributed by atoms with Crippen molar-refractivity contribution >= 4 is 40.8 Å². The van der Waals surface area contributed by atoms with Crippen molar-refractivity contribution in [2.75, 3.05) is 12.4 Å². The molecule has 0 saturated heterocycles. The van der Waals surface area contributed by atoms with Crippen molar-refractivity contribution in [3.63, 3.8) is 0 Å². The number of hydrogen-bond acceptors (Lipinski definition) is 7. The molecule has 0 fully saturated rings. The van der Waals surface area contributed by atoms with E-state index in [2.05, 4.69) is 9.97 Å². The van der Waals surface area contributed by atoms with Crippen molar-refractivity contribution in [2.45, 2.75) is 20.3 Å². The lowest BCUT2D eigenvalue weighted by atomic mass is 10.1. The highest BCUT2D eigenvalue weighted by atomic mass is 35.5. The van der Waals surface area contributed by atoms with E-state index in [-0.39, 0.29) is 18.1 Å². The maximum atomic E-state index is 12.8. The van der Waals surface area contributed by atoms with Crippen LogP contribution in [0.1, 0.15) is 20.3 Å². The van der Waals surface area contributed by atoms with Crippen molar-refractivity contribution < 1.29 is 18.7 Å². The molecule has 28 heavy (non-hydrogen) atoms. The number of aromatic nitrogens is 2. The number of nitrogens with zero attached hydrogens (tertiary/aromatic N) is 2. The summed E-state index contributed by atoms with van der Waals surface area (Å²) in [6.07, 6.45) is 2.44. The zero-order valence-corrected chi connectivity index (χ0v) is 17.9. The molecule has 6 nitrogen and oxygen atoms in total. The molecule has 1 aromatic heterocycles. The van der Waals surface area contributed by atoms with Crippen LogP contribution in [-0.4, -0.2) is 27.4 Å². The van der Waals surface area contributed by atoms with Gasteiger partial charge in [-0.2, -0.15) is 0 Å². The second-order valence-corrected chi connectivity index (χ2v) is 10.4. The van der Waals surface area contributed by atoms with Crippen molar-refractivity contribution in [1.29, 1.82) is 0 Å². The molecule has 0 spiro atoms. The molecule has 0 aliphatic rings. The van der Waals surface area contributed by atoms with Crippen LogP contribution < -0.4 is 4.52 Å². The Hall–Kier alpha value is -1.79. The average molecular weight is 439 g/mol. The van der Waals surface area contributed by atoms with Crippen LogP contribution in [-0.2, 0) is 9.09 Å². The monoisotopic (exact) mass is 438 g/mol. The molecule has 9 heteroatoms. The second kappa shape index (κ2) is 9.14. The van der Waals surface area contributed by atoms with Crippen LogP contribution in [0.5, 0.6) is 11.5 Å². The van der Waals surface area contributed by atoms with E-state index in [0.717, 1.165) is 17.8 Å². The molecule has 0 saturated carbocycles. The number of hydrogen-bond donors (Lipinski definition) is 1. The lowest BCUT2D eigenvalue weighted by molar-refractivity contribution is 0.292. The Kier molecular flexibility index (Phi) is 6.83. The van der Waals surface area contributed by atoms with Crippen LogP contribution in [0.3, 0.4) is 0 Å². The third-order valence-corrected chi connectivity index (χ3v) is 7.88. The van der Waals surface area contributed by atoms with Gasteiger partial charge >= 0.3 is 6.80 Å². The Morgan fingerprint density at radius 2 is 2.00 bits per heavy atom. The Morgan fingerprint density at radius 1 is 1.18 bits per heavy atom. The quantitative estimate of drug-likeness (QED) is 0.412. The molecule has 0 amide bonds. The minimum Gasteiger partial charge on any atom is -0.504 e. The third kappa shape index (κ3) is 4.97. The topological polar surface area (TPSA) is 81.5 Å². The van der Waals surface area contributed by atoms with Crippen LogP contribution in [0.2, 0.25) is 5.02 Å². The van der Waals surface area contributed by atoms with Crippen LogP contribution in [0.25, 0.3) is 22.3 Å². The highest BCUT2D eigenvalue weighted by Gasteiger charge is 2.27. The maximum Gasteiger partial charge on any atom is 0.440 e. The highest BCUT2D eigenvalue weighted by molar-refractivity contribution is 8.55. The number of fused-ring (bicyclic) bond motifs is 1. The van der Waals surface area contributed by atoms with E-state index in [1.165, 1.54) is 6.07 Å². The Balaban J connectivity index is 1.87. The van der Waals surface area contributed by atoms with Gasteiger partial charge < -0.3 is 9.63 Å². The lowest BCUT2D eigenvalue weighted by Gasteiger charge is -2.18. The van der Waals surface area contributed by atoms with Crippen molar-refractivity contribution in [3.05, 3.63) is 47.6 Å². The Morgan fingerprint density at radius 3 is 2.71 bits per heavy atom. The maximum absolute atomic E-state index is 12.8. The standard InChI is InChI=1S/C19H20ClN2O4PS/c1-3-9-28-27(24,25-4-2)26-19-8-5-13(10-18(19)23)17-12-21-16-11-14(20)6-7-15(16)22-17/h5-8,10-12,23H,3-4,9H2,1-2H3. The molecule has 3 aromatic rings. The summed E-state index contributed by atoms with van der Waals surface area (Å²) in [4.78, 5) is 8.91. The number of aromatic hydroxyl groups is 1. The van der Waals surface area contributed by atoms with Gasteiger partial charge in [-0.1, -0.05) is 18.5 Å². The Bertz CT molecular complexity index is 1030. The van der Waals surface area contributed by atoms with Crippen LogP contribution in [0, 0.1) is 0 Å². The van der Waals surface area contributed by atoms with E-state index >= 15 is 0 Å². The van der Waals surface area contributed by atoms with Crippen molar-refractivity contribution in [3.8, 4) is 22.8 Å². The molecule has 3 rings (SSSR count). The molecule has 1 heterocycles. The molecule has 148 valence electrons. The van der Waals surface area contributed by atoms with Crippen LogP contribution in [0.15, 0.2) is 42.6 Å². The zero-order valence-electron chi connectivity index (χ0n) is 15.5. The summed E-state index contributed by atoms with van der Waals surface area (Å²) in [5.74, 6) is 0.588. The molecule has 2 aromatic carbocycles. The van der Waals surface area contributed by atoms with Crippen LogP contribution >= 0.6 is 29.8 Å². The summed E-state index contributed by atoms with van der Waals surface area (Å²) in [5, 5.41) is 11.0. The first-order valence-corrected chi connectivity index (χ1v) is 12.3. The van der Waals surface area contributed by atoms with Gasteiger partial charge in [0.15, 0.2) is 11.5 Å². The molecular weight excluding hydrogens is 419 g/mol. The fourth-order valence-electron chi connectivity index (χ4n) is 2.45. The first-order chi connectivity index (χ1) is 13.4. The summed E-state index contributed by atoms with van der Waals surface area (Å²) in [7, 11) is 0. The van der Waals surface area contributed by atoms with Gasteiger partial charge in [-0.25, -0.2) is 9.55 Å². The van der Waals surface area contributed by atoms with Gasteiger partial charge in [0.25, 0.3) is 0 Å². The fraction of sp³-hybridized carbons (Fsp3) is 0.263. The van der Waals surface area contributed by atoms with Gasteiger partial charge in [0.2, 0.25) is 0 Å². The fourth-order valence-corrected chi connectivity index (χ4v) is 6.07. The van der Waals surface area contributed by atoms with Gasteiger partial charge in [0, 0.05) is 16.3 Å². The third-order valence-electron chi connectivity index (χ3n) is 3.71. The summed E-state index contributed by atoms with van der Waals surface area (Å²) in [5.41, 5.74) is 2.62. The van der Waals surface area contributed by atoms with Gasteiger partial charge in [-0.3, -0.25) is 9.51 Å². The number of phenolic OH excluding ortho intramolecular Hbond substituents is 1. The minimum atomic E-state index is -3.39. The molecule has 0 aliphatic carbocycles. The first kappa shape index (κ1) is 20.9. The summed E-state index contributed by atoms with van der Waals surface area (Å²) < 4.78 is 23.7. The SMILES string of the molecule is CCCSP(=O)(OCC)Oc1ccc(-c2cnc3cc(Cl)ccc3n2)cc1O. The van der Waals surface area contributed by atoms with E-state index in [0.29, 0.717) is 33.1 Å². The molecule has 1 N–H and O–H groups in total. The number of rotatable bonds is 8. The Labute approximate surface area is 172 Å². The molecule has 1 atom stereocenters. The normalized spacial score (nSPS) is 13.4.